The van der Waals surface area contributed by atoms with E-state index in [2.05, 4.69) is 9.47 Å². The van der Waals surface area contributed by atoms with E-state index in [1.54, 1.807) is 0 Å². The van der Waals surface area contributed by atoms with Gasteiger partial charge in [0, 0.05) is 0 Å². The molecule has 1 rings (SSSR count). The zero-order valence-electron chi connectivity index (χ0n) is 10.4. The molecule has 1 N–H and O–H groups in total. The Balaban J connectivity index is 0.00000441. The van der Waals surface area contributed by atoms with Crippen LogP contribution in [0.4, 0.5) is 0 Å². The van der Waals surface area contributed by atoms with Crippen molar-refractivity contribution in [3.8, 4) is 0 Å². The molecule has 0 spiro atoms. The number of halogens is 3. The second kappa shape index (κ2) is 8.16. The Morgan fingerprint density at radius 3 is 1.45 bits per heavy atom. The fraction of sp³-hybridized carbons (Fsp3) is 0.200. The monoisotopic (exact) mass is 400 g/mol. The molecule has 7 nitrogen and oxygen atoms in total. The summed E-state index contributed by atoms with van der Waals surface area (Å²) < 4.78 is 40.6. The molecule has 0 saturated carbocycles. The molecule has 0 aliphatic heterocycles. The minimum absolute atomic E-state index is 0. The van der Waals surface area contributed by atoms with E-state index < -0.39 is 53.1 Å². The van der Waals surface area contributed by atoms with E-state index in [1.165, 1.54) is 0 Å². The van der Waals surface area contributed by atoms with Crippen LogP contribution < -0.4 is 0 Å². The third-order valence-corrected chi connectivity index (χ3v) is 4.60. The van der Waals surface area contributed by atoms with Gasteiger partial charge in [-0.15, -0.1) is 0 Å². The van der Waals surface area contributed by atoms with Crippen LogP contribution in [0.3, 0.4) is 0 Å². The van der Waals surface area contributed by atoms with Gasteiger partial charge >= 0.3 is 41.5 Å². The van der Waals surface area contributed by atoms with Gasteiger partial charge in [-0.1, -0.05) is 34.8 Å². The average molecular weight is 402 g/mol. The molecule has 1 aromatic carbocycles. The molecule has 0 fully saturated rings. The Hall–Kier alpha value is -0.0600. The van der Waals surface area contributed by atoms with Crippen LogP contribution in [-0.2, 0) is 19.6 Å². The van der Waals surface area contributed by atoms with E-state index in [0.29, 0.717) is 0 Å². The van der Waals surface area contributed by atoms with Crippen LogP contribution in [0, 0.1) is 0 Å². The van der Waals surface area contributed by atoms with Gasteiger partial charge in [0.2, 0.25) is 0 Å². The second-order valence-corrected chi connectivity index (χ2v) is 5.97. The molecular weight excluding hydrogens is 394 g/mol. The van der Waals surface area contributed by atoms with Gasteiger partial charge in [0.05, 0.1) is 40.4 Å². The molecule has 118 valence electrons. The van der Waals surface area contributed by atoms with Crippen LogP contribution in [0.25, 0.3) is 0 Å². The van der Waals surface area contributed by atoms with Gasteiger partial charge in [-0.3, -0.25) is 4.55 Å². The standard InChI is InChI=1S/C10H7Cl3O7S.Na.H/c1-19-9(14)3-5(11)4(10(15)20-2)7(13)8(6(3)12)21(16,17)18;;/h1-2H3,(H,16,17,18);;. The molecule has 0 atom stereocenters. The van der Waals surface area contributed by atoms with Crippen LogP contribution in [0.1, 0.15) is 20.7 Å². The normalized spacial score (nSPS) is 10.6. The molecule has 0 unspecified atom stereocenters. The number of benzene rings is 1. The van der Waals surface area contributed by atoms with E-state index in [0.717, 1.165) is 14.2 Å². The third-order valence-electron chi connectivity index (χ3n) is 2.31. The maximum absolute atomic E-state index is 11.6. The number of ether oxygens (including phenoxy) is 2. The number of methoxy groups -OCH3 is 2. The summed E-state index contributed by atoms with van der Waals surface area (Å²) in [6, 6.07) is 0. The first-order valence-corrected chi connectivity index (χ1v) is 7.49. The van der Waals surface area contributed by atoms with Gasteiger partial charge in [-0.2, -0.15) is 8.42 Å². The molecular formula is C10H8Cl3NaO7S. The van der Waals surface area contributed by atoms with Crippen molar-refractivity contribution in [1.29, 1.82) is 0 Å². The van der Waals surface area contributed by atoms with Gasteiger partial charge in [0.25, 0.3) is 10.1 Å². The van der Waals surface area contributed by atoms with Crippen LogP contribution in [0.5, 0.6) is 0 Å². The van der Waals surface area contributed by atoms with Gasteiger partial charge in [0.1, 0.15) is 4.90 Å². The van der Waals surface area contributed by atoms with Crippen LogP contribution in [0.15, 0.2) is 4.90 Å². The topological polar surface area (TPSA) is 107 Å². The molecule has 12 heteroatoms. The summed E-state index contributed by atoms with van der Waals surface area (Å²) >= 11 is 17.3. The minimum atomic E-state index is -4.95. The molecule has 1 aromatic rings. The average Bonchev–Trinajstić information content (AvgIpc) is 2.35. The van der Waals surface area contributed by atoms with Crippen molar-refractivity contribution in [1.82, 2.24) is 0 Å². The van der Waals surface area contributed by atoms with Gasteiger partial charge < -0.3 is 9.47 Å². The van der Waals surface area contributed by atoms with Crippen molar-refractivity contribution in [3.05, 3.63) is 26.2 Å². The van der Waals surface area contributed by atoms with Crippen molar-refractivity contribution >= 4 is 86.4 Å². The predicted octanol–water partition coefficient (Wildman–Crippen LogP) is 1.82. The molecule has 0 radical (unpaired) electrons. The van der Waals surface area contributed by atoms with Crippen molar-refractivity contribution in [2.45, 2.75) is 4.90 Å². The summed E-state index contributed by atoms with van der Waals surface area (Å²) in [4.78, 5) is 22.2. The van der Waals surface area contributed by atoms with E-state index in [9.17, 15) is 18.0 Å². The molecule has 0 aromatic heterocycles. The molecule has 0 saturated heterocycles. The third kappa shape index (κ3) is 4.07. The number of carbonyl (C=O) groups is 2. The number of esters is 2. The van der Waals surface area contributed by atoms with E-state index in [-0.39, 0.29) is 29.6 Å². The van der Waals surface area contributed by atoms with Crippen LogP contribution >= 0.6 is 34.8 Å². The molecule has 0 aliphatic rings. The molecule has 0 heterocycles. The second-order valence-electron chi connectivity index (χ2n) is 3.48. The van der Waals surface area contributed by atoms with E-state index >= 15 is 0 Å². The zero-order valence-corrected chi connectivity index (χ0v) is 13.5. The zero-order chi connectivity index (χ0) is 16.5. The predicted molar refractivity (Wildman–Crippen MR) is 81.1 cm³/mol. The van der Waals surface area contributed by atoms with Gasteiger partial charge in [-0.05, 0) is 0 Å². The fourth-order valence-electron chi connectivity index (χ4n) is 1.43. The Bertz CT molecular complexity index is 690. The Morgan fingerprint density at radius 2 is 1.23 bits per heavy atom. The summed E-state index contributed by atoms with van der Waals surface area (Å²) in [6.07, 6.45) is 0. The van der Waals surface area contributed by atoms with Crippen LogP contribution in [-0.4, -0.2) is 68.7 Å². The quantitative estimate of drug-likeness (QED) is 0.467. The van der Waals surface area contributed by atoms with Crippen molar-refractivity contribution in [3.63, 3.8) is 0 Å². The number of carbonyl (C=O) groups excluding carboxylic acids is 2. The maximum atomic E-state index is 11.6. The SMILES string of the molecule is COC(=O)c1c(Cl)c(C(=O)OC)c(Cl)c(S(=O)(=O)O)c1Cl.[NaH]. The first kappa shape index (κ1) is 21.9. The molecule has 22 heavy (non-hydrogen) atoms. The van der Waals surface area contributed by atoms with Crippen LogP contribution in [0.2, 0.25) is 15.1 Å². The van der Waals surface area contributed by atoms with Crippen molar-refractivity contribution in [2.24, 2.45) is 0 Å². The molecule has 0 aliphatic carbocycles. The number of hydrogen-bond donors (Lipinski definition) is 1. The molecule has 0 amide bonds. The summed E-state index contributed by atoms with van der Waals surface area (Å²) in [5.41, 5.74) is -1.28. The first-order chi connectivity index (χ1) is 9.57. The molecule has 0 bridgehead atoms. The first-order valence-electron chi connectivity index (χ1n) is 4.92. The Morgan fingerprint density at radius 1 is 0.909 bits per heavy atom. The van der Waals surface area contributed by atoms with E-state index in [4.69, 9.17) is 39.4 Å². The Kier molecular flexibility index (Phi) is 8.14. The summed E-state index contributed by atoms with van der Waals surface area (Å²) in [6.45, 7) is 0. The number of hydrogen-bond acceptors (Lipinski definition) is 6. The summed E-state index contributed by atoms with van der Waals surface area (Å²) in [5, 5.41) is -2.10. The summed E-state index contributed by atoms with van der Waals surface area (Å²) in [7, 11) is -2.99. The van der Waals surface area contributed by atoms with Crippen molar-refractivity contribution in [2.75, 3.05) is 14.2 Å². The fourth-order valence-corrected chi connectivity index (χ4v) is 3.69. The van der Waals surface area contributed by atoms with Crippen molar-refractivity contribution < 1.29 is 32.0 Å². The van der Waals surface area contributed by atoms with Gasteiger partial charge in [0.15, 0.2) is 0 Å². The van der Waals surface area contributed by atoms with E-state index in [1.807, 2.05) is 0 Å². The number of rotatable bonds is 3. The Labute approximate surface area is 162 Å². The summed E-state index contributed by atoms with van der Waals surface area (Å²) in [5.74, 6) is -2.26. The van der Waals surface area contributed by atoms with Gasteiger partial charge in [-0.25, -0.2) is 9.59 Å².